The molecule has 2 N–H and O–H groups in total. The first-order chi connectivity index (χ1) is 16.8. The normalized spacial score (nSPS) is 17.0. The van der Waals surface area contributed by atoms with Crippen molar-refractivity contribution in [3.63, 3.8) is 0 Å². The van der Waals surface area contributed by atoms with Crippen molar-refractivity contribution in [3.05, 3.63) is 70.2 Å². The summed E-state index contributed by atoms with van der Waals surface area (Å²) >= 11 is 12.3. The zero-order valence-electron chi connectivity index (χ0n) is 19.4. The number of halogens is 3. The van der Waals surface area contributed by atoms with Gasteiger partial charge in [-0.15, -0.1) is 0 Å². The summed E-state index contributed by atoms with van der Waals surface area (Å²) < 4.78 is 19.9. The third-order valence-electron chi connectivity index (χ3n) is 5.76. The van der Waals surface area contributed by atoms with E-state index in [9.17, 15) is 9.18 Å². The third-order valence-corrected chi connectivity index (χ3v) is 6.47. The molecule has 0 spiro atoms. The summed E-state index contributed by atoms with van der Waals surface area (Å²) in [5.74, 6) is 0.427. The van der Waals surface area contributed by atoms with Crippen LogP contribution in [0.25, 0.3) is 11.4 Å². The molecule has 10 heteroatoms. The predicted octanol–water partition coefficient (Wildman–Crippen LogP) is 5.95. The highest BCUT2D eigenvalue weighted by atomic mass is 35.5. The quantitative estimate of drug-likeness (QED) is 0.395. The zero-order chi connectivity index (χ0) is 24.9. The highest BCUT2D eigenvalue weighted by Gasteiger charge is 2.20. The number of nitrogens with zero attached hydrogens (tertiary/aromatic N) is 3. The van der Waals surface area contributed by atoms with E-state index in [-0.39, 0.29) is 17.1 Å². The van der Waals surface area contributed by atoms with E-state index in [1.165, 1.54) is 12.1 Å². The van der Waals surface area contributed by atoms with Gasteiger partial charge >= 0.3 is 6.03 Å². The number of nitrogens with one attached hydrogen (secondary N) is 2. The number of ether oxygens (including phenoxy) is 1. The minimum atomic E-state index is -0.587. The Labute approximate surface area is 213 Å². The van der Waals surface area contributed by atoms with Gasteiger partial charge in [0.25, 0.3) is 0 Å². The summed E-state index contributed by atoms with van der Waals surface area (Å²) in [4.78, 5) is 23.3. The van der Waals surface area contributed by atoms with Gasteiger partial charge in [-0.2, -0.15) is 0 Å². The lowest BCUT2D eigenvalue weighted by Crippen LogP contribution is -2.47. The van der Waals surface area contributed by atoms with Gasteiger partial charge in [-0.3, -0.25) is 0 Å². The number of rotatable bonds is 6. The van der Waals surface area contributed by atoms with Gasteiger partial charge < -0.3 is 20.3 Å². The predicted molar refractivity (Wildman–Crippen MR) is 136 cm³/mol. The maximum atomic E-state index is 13.9. The minimum absolute atomic E-state index is 0.0629. The topological polar surface area (TPSA) is 79.4 Å². The molecule has 2 unspecified atom stereocenters. The van der Waals surface area contributed by atoms with Crippen molar-refractivity contribution < 1.29 is 13.9 Å². The maximum Gasteiger partial charge on any atom is 0.319 e. The largest absolute Gasteiger partial charge is 0.486 e. The van der Waals surface area contributed by atoms with Gasteiger partial charge in [0.15, 0.2) is 5.82 Å². The molecule has 0 radical (unpaired) electrons. The number of amides is 2. The Morgan fingerprint density at radius 3 is 2.74 bits per heavy atom. The standard InChI is InChI=1S/C25H26Cl2FN5O2/c1-15(22-20(26)8-9-21(28)23(22)27)35-19-7-3-5-16(11-19)24-29-12-18(13-30-24)32-25(34)31-17-6-4-10-33(2)14-17/h3,5,7-9,11-13,15,17H,4,6,10,14H2,1-2H3,(H2,31,32,34). The van der Waals surface area contributed by atoms with Gasteiger partial charge in [0.05, 0.1) is 23.1 Å². The lowest BCUT2D eigenvalue weighted by Gasteiger charge is -2.30. The van der Waals surface area contributed by atoms with Crippen LogP contribution in [0.2, 0.25) is 10.0 Å². The molecule has 1 saturated heterocycles. The lowest BCUT2D eigenvalue weighted by molar-refractivity contribution is 0.216. The van der Waals surface area contributed by atoms with Crippen molar-refractivity contribution in [3.8, 4) is 17.1 Å². The first-order valence-corrected chi connectivity index (χ1v) is 12.0. The van der Waals surface area contributed by atoms with Crippen molar-refractivity contribution >= 4 is 34.9 Å². The average Bonchev–Trinajstić information content (AvgIpc) is 2.82. The Bertz CT molecular complexity index is 1190. The number of aromatic nitrogens is 2. The van der Waals surface area contributed by atoms with Crippen LogP contribution in [-0.4, -0.2) is 47.1 Å². The highest BCUT2D eigenvalue weighted by molar-refractivity contribution is 6.36. The Morgan fingerprint density at radius 1 is 1.23 bits per heavy atom. The van der Waals surface area contributed by atoms with Crippen molar-refractivity contribution in [1.29, 1.82) is 0 Å². The summed E-state index contributed by atoms with van der Waals surface area (Å²) in [6, 6.07) is 9.69. The molecule has 1 aliphatic rings. The first kappa shape index (κ1) is 25.2. The first-order valence-electron chi connectivity index (χ1n) is 11.3. The van der Waals surface area contributed by atoms with Gasteiger partial charge in [-0.1, -0.05) is 35.3 Å². The Hall–Kier alpha value is -2.94. The van der Waals surface area contributed by atoms with E-state index in [1.54, 1.807) is 37.5 Å². The van der Waals surface area contributed by atoms with E-state index < -0.39 is 11.9 Å². The highest BCUT2D eigenvalue weighted by Crippen LogP contribution is 2.35. The number of benzene rings is 2. The fourth-order valence-corrected chi connectivity index (χ4v) is 4.74. The van der Waals surface area contributed by atoms with Crippen LogP contribution < -0.4 is 15.4 Å². The molecule has 2 aromatic carbocycles. The fraction of sp³-hybridized carbons (Fsp3) is 0.320. The molecule has 0 aliphatic carbocycles. The van der Waals surface area contributed by atoms with Crippen LogP contribution in [0.3, 0.4) is 0 Å². The van der Waals surface area contributed by atoms with Gasteiger partial charge in [-0.25, -0.2) is 19.2 Å². The smallest absolute Gasteiger partial charge is 0.319 e. The van der Waals surface area contributed by atoms with E-state index in [4.69, 9.17) is 27.9 Å². The van der Waals surface area contributed by atoms with Crippen LogP contribution in [0.1, 0.15) is 31.4 Å². The molecule has 0 bridgehead atoms. The van der Waals surface area contributed by atoms with Crippen LogP contribution in [0, 0.1) is 5.82 Å². The summed E-state index contributed by atoms with van der Waals surface area (Å²) in [7, 11) is 2.05. The number of anilines is 1. The number of carbonyl (C=O) groups excluding carboxylic acids is 1. The number of hydrogen-bond acceptors (Lipinski definition) is 5. The second-order valence-corrected chi connectivity index (χ2v) is 9.33. The minimum Gasteiger partial charge on any atom is -0.486 e. The molecule has 3 aromatic rings. The molecule has 2 heterocycles. The molecule has 1 aromatic heterocycles. The summed E-state index contributed by atoms with van der Waals surface area (Å²) in [6.07, 6.45) is 4.54. The molecule has 7 nitrogen and oxygen atoms in total. The summed E-state index contributed by atoms with van der Waals surface area (Å²) in [5, 5.41) is 6.03. The SMILES string of the molecule is CC(Oc1cccc(-c2ncc(NC(=O)NC3CCCN(C)C3)cn2)c1)c1c(Cl)ccc(F)c1Cl. The van der Waals surface area contributed by atoms with Crippen molar-refractivity contribution in [2.24, 2.45) is 0 Å². The van der Waals surface area contributed by atoms with Crippen LogP contribution in [-0.2, 0) is 0 Å². The van der Waals surface area contributed by atoms with Crippen LogP contribution in [0.5, 0.6) is 5.75 Å². The lowest BCUT2D eigenvalue weighted by atomic mass is 10.1. The molecule has 1 aliphatic heterocycles. The average molecular weight is 518 g/mol. The second-order valence-electron chi connectivity index (χ2n) is 8.54. The van der Waals surface area contributed by atoms with E-state index in [1.807, 2.05) is 13.1 Å². The molecular weight excluding hydrogens is 492 g/mol. The van der Waals surface area contributed by atoms with Crippen LogP contribution in [0.15, 0.2) is 48.8 Å². The van der Waals surface area contributed by atoms with Gasteiger partial charge in [0.2, 0.25) is 0 Å². The molecule has 35 heavy (non-hydrogen) atoms. The number of piperidine rings is 1. The number of hydrogen-bond donors (Lipinski definition) is 2. The molecular formula is C25H26Cl2FN5O2. The molecule has 4 rings (SSSR count). The summed E-state index contributed by atoms with van der Waals surface area (Å²) in [6.45, 7) is 3.62. The molecule has 2 atom stereocenters. The Kier molecular flexibility index (Phi) is 8.05. The molecule has 184 valence electrons. The van der Waals surface area contributed by atoms with Crippen LogP contribution in [0.4, 0.5) is 14.9 Å². The van der Waals surface area contributed by atoms with E-state index >= 15 is 0 Å². The molecule has 0 saturated carbocycles. The molecule has 2 amide bonds. The van der Waals surface area contributed by atoms with Crippen LogP contribution >= 0.6 is 23.2 Å². The van der Waals surface area contributed by atoms with E-state index in [2.05, 4.69) is 25.5 Å². The number of urea groups is 1. The summed E-state index contributed by atoms with van der Waals surface area (Å²) in [5.41, 5.74) is 1.59. The number of likely N-dealkylation sites (N-methyl/N-ethyl adjacent to an activating group) is 1. The second kappa shape index (κ2) is 11.2. The monoisotopic (exact) mass is 517 g/mol. The van der Waals surface area contributed by atoms with Crippen molar-refractivity contribution in [2.75, 3.05) is 25.5 Å². The van der Waals surface area contributed by atoms with Crippen molar-refractivity contribution in [1.82, 2.24) is 20.2 Å². The Balaban J connectivity index is 1.40. The van der Waals surface area contributed by atoms with Gasteiger partial charge in [0.1, 0.15) is 17.7 Å². The number of likely N-dealkylation sites (tertiary alicyclic amines) is 1. The number of carbonyl (C=O) groups is 1. The van der Waals surface area contributed by atoms with Gasteiger partial charge in [0, 0.05) is 28.7 Å². The van der Waals surface area contributed by atoms with E-state index in [0.717, 1.165) is 25.9 Å². The molecule has 1 fully saturated rings. The van der Waals surface area contributed by atoms with Crippen molar-refractivity contribution in [2.45, 2.75) is 31.9 Å². The van der Waals surface area contributed by atoms with Gasteiger partial charge in [-0.05, 0) is 57.6 Å². The fourth-order valence-electron chi connectivity index (χ4n) is 4.07. The third kappa shape index (κ3) is 6.39. The van der Waals surface area contributed by atoms with E-state index in [0.29, 0.717) is 33.4 Å². The maximum absolute atomic E-state index is 13.9. The zero-order valence-corrected chi connectivity index (χ0v) is 20.9. The Morgan fingerprint density at radius 2 is 2.00 bits per heavy atom.